The zero-order chi connectivity index (χ0) is 14.4. The fourth-order valence-electron chi connectivity index (χ4n) is 2.40. The molecule has 0 N–H and O–H groups in total. The topological polar surface area (TPSA) is 58.3 Å². The van der Waals surface area contributed by atoms with E-state index in [9.17, 15) is 4.79 Å². The van der Waals surface area contributed by atoms with Crippen molar-refractivity contribution in [1.82, 2.24) is 9.47 Å². The fourth-order valence-corrected chi connectivity index (χ4v) is 2.40. The Morgan fingerprint density at radius 2 is 2.20 bits per heavy atom. The van der Waals surface area contributed by atoms with Crippen LogP contribution in [0.2, 0.25) is 0 Å². The normalized spacial score (nSPS) is 16.8. The van der Waals surface area contributed by atoms with E-state index in [1.165, 1.54) is 12.8 Å². The summed E-state index contributed by atoms with van der Waals surface area (Å²) in [6, 6.07) is 5.62. The van der Waals surface area contributed by atoms with Gasteiger partial charge in [-0.05, 0) is 45.0 Å². The van der Waals surface area contributed by atoms with Gasteiger partial charge in [0.2, 0.25) is 0 Å². The average Bonchev–Trinajstić information content (AvgIpc) is 2.96. The van der Waals surface area contributed by atoms with Crippen molar-refractivity contribution in [3.05, 3.63) is 28.7 Å². The summed E-state index contributed by atoms with van der Waals surface area (Å²) in [7, 11) is 0. The molecule has 0 saturated carbocycles. The molecule has 1 fully saturated rings. The summed E-state index contributed by atoms with van der Waals surface area (Å²) in [4.78, 5) is 14.5. The van der Waals surface area contributed by atoms with Crippen molar-refractivity contribution in [2.24, 2.45) is 5.92 Å². The minimum Gasteiger partial charge on any atom is -0.487 e. The van der Waals surface area contributed by atoms with Crippen LogP contribution in [0.4, 0.5) is 0 Å². The molecule has 1 atom stereocenters. The molecule has 5 nitrogen and oxygen atoms in total. The number of nitriles is 1. The van der Waals surface area contributed by atoms with E-state index in [1.54, 1.807) is 29.8 Å². The summed E-state index contributed by atoms with van der Waals surface area (Å²) >= 11 is 0. The van der Waals surface area contributed by atoms with Gasteiger partial charge in [0.25, 0.3) is 5.56 Å². The number of aromatic nitrogens is 1. The molecule has 1 saturated heterocycles. The first-order valence-electron chi connectivity index (χ1n) is 7.15. The highest BCUT2D eigenvalue weighted by molar-refractivity contribution is 5.17. The maximum Gasteiger partial charge on any atom is 0.292 e. The van der Waals surface area contributed by atoms with Crippen LogP contribution >= 0.6 is 0 Å². The first-order chi connectivity index (χ1) is 9.70. The summed E-state index contributed by atoms with van der Waals surface area (Å²) < 4.78 is 7.14. The molecule has 1 aromatic heterocycles. The summed E-state index contributed by atoms with van der Waals surface area (Å²) in [5.41, 5.74) is -0.156. The highest BCUT2D eigenvalue weighted by atomic mass is 16.5. The fraction of sp³-hybridized carbons (Fsp3) is 0.600. The Hall–Kier alpha value is -1.80. The molecule has 0 spiro atoms. The van der Waals surface area contributed by atoms with Gasteiger partial charge in [0.15, 0.2) is 5.75 Å². The monoisotopic (exact) mass is 275 g/mol. The standard InChI is InChI=1S/C15H21N3O2/c1-13(11-16)12-18-8-4-5-14(15(18)19)20-10-9-17-6-2-3-7-17/h4-5,8,13H,2-3,6-7,9-10,12H2,1H3. The predicted molar refractivity (Wildman–Crippen MR) is 76.6 cm³/mol. The molecular formula is C15H21N3O2. The second kappa shape index (κ2) is 7.11. The van der Waals surface area contributed by atoms with Crippen LogP contribution in [0.5, 0.6) is 5.75 Å². The maximum atomic E-state index is 12.2. The Morgan fingerprint density at radius 1 is 1.45 bits per heavy atom. The molecule has 108 valence electrons. The molecule has 1 aliphatic rings. The van der Waals surface area contributed by atoms with E-state index < -0.39 is 0 Å². The number of pyridine rings is 1. The highest BCUT2D eigenvalue weighted by Gasteiger charge is 2.12. The van der Waals surface area contributed by atoms with E-state index in [2.05, 4.69) is 11.0 Å². The van der Waals surface area contributed by atoms with Crippen molar-refractivity contribution in [1.29, 1.82) is 5.26 Å². The van der Waals surface area contributed by atoms with Gasteiger partial charge in [0.05, 0.1) is 12.0 Å². The van der Waals surface area contributed by atoms with Crippen molar-refractivity contribution >= 4 is 0 Å². The Labute approximate surface area is 119 Å². The van der Waals surface area contributed by atoms with E-state index in [1.807, 2.05) is 0 Å². The predicted octanol–water partition coefficient (Wildman–Crippen LogP) is 1.48. The third-order valence-corrected chi connectivity index (χ3v) is 3.54. The first-order valence-corrected chi connectivity index (χ1v) is 7.15. The van der Waals surface area contributed by atoms with Crippen molar-refractivity contribution in [3.8, 4) is 11.8 Å². The highest BCUT2D eigenvalue weighted by Crippen LogP contribution is 2.08. The molecule has 0 radical (unpaired) electrons. The molecule has 0 amide bonds. The summed E-state index contributed by atoms with van der Waals surface area (Å²) in [5.74, 6) is 0.185. The van der Waals surface area contributed by atoms with Gasteiger partial charge in [0, 0.05) is 19.3 Å². The van der Waals surface area contributed by atoms with Gasteiger partial charge in [-0.1, -0.05) is 0 Å². The Kier molecular flexibility index (Phi) is 5.19. The van der Waals surface area contributed by atoms with Crippen molar-refractivity contribution in [3.63, 3.8) is 0 Å². The lowest BCUT2D eigenvalue weighted by Gasteiger charge is -2.15. The van der Waals surface area contributed by atoms with Crippen LogP contribution in [0, 0.1) is 17.2 Å². The number of likely N-dealkylation sites (tertiary alicyclic amines) is 1. The quantitative estimate of drug-likeness (QED) is 0.789. The molecule has 1 aromatic rings. The van der Waals surface area contributed by atoms with Crippen LogP contribution in [0.3, 0.4) is 0 Å². The number of rotatable bonds is 6. The lowest BCUT2D eigenvalue weighted by Crippen LogP contribution is -2.28. The van der Waals surface area contributed by atoms with Gasteiger partial charge < -0.3 is 9.30 Å². The summed E-state index contributed by atoms with van der Waals surface area (Å²) in [5, 5.41) is 8.82. The lowest BCUT2D eigenvalue weighted by molar-refractivity contribution is 0.234. The van der Waals surface area contributed by atoms with Gasteiger partial charge in [-0.15, -0.1) is 0 Å². The van der Waals surface area contributed by atoms with Crippen LogP contribution in [0.1, 0.15) is 19.8 Å². The van der Waals surface area contributed by atoms with Crippen LogP contribution in [-0.2, 0) is 6.54 Å². The second-order valence-corrected chi connectivity index (χ2v) is 5.26. The van der Waals surface area contributed by atoms with Crippen LogP contribution in [0.25, 0.3) is 0 Å². The van der Waals surface area contributed by atoms with Crippen LogP contribution < -0.4 is 10.3 Å². The minimum absolute atomic E-state index is 0.156. The number of hydrogen-bond acceptors (Lipinski definition) is 4. The molecule has 1 unspecified atom stereocenters. The van der Waals surface area contributed by atoms with Gasteiger partial charge >= 0.3 is 0 Å². The van der Waals surface area contributed by atoms with Crippen molar-refractivity contribution in [2.75, 3.05) is 26.2 Å². The molecule has 1 aliphatic heterocycles. The van der Waals surface area contributed by atoms with Gasteiger partial charge in [0.1, 0.15) is 6.61 Å². The molecule has 20 heavy (non-hydrogen) atoms. The number of ether oxygens (including phenoxy) is 1. The Morgan fingerprint density at radius 3 is 2.90 bits per heavy atom. The number of nitrogens with zero attached hydrogens (tertiary/aromatic N) is 3. The summed E-state index contributed by atoms with van der Waals surface area (Å²) in [6.45, 7) is 5.85. The molecular weight excluding hydrogens is 254 g/mol. The minimum atomic E-state index is -0.187. The molecule has 0 aromatic carbocycles. The smallest absolute Gasteiger partial charge is 0.292 e. The first kappa shape index (κ1) is 14.6. The average molecular weight is 275 g/mol. The third kappa shape index (κ3) is 3.84. The van der Waals surface area contributed by atoms with Gasteiger partial charge in [-0.25, -0.2) is 0 Å². The molecule has 2 heterocycles. The molecule has 0 aliphatic carbocycles. The number of hydrogen-bond donors (Lipinski definition) is 0. The van der Waals surface area contributed by atoms with E-state index in [4.69, 9.17) is 10.00 Å². The van der Waals surface area contributed by atoms with E-state index in [-0.39, 0.29) is 11.5 Å². The molecule has 2 rings (SSSR count). The second-order valence-electron chi connectivity index (χ2n) is 5.26. The molecule has 0 bridgehead atoms. The van der Waals surface area contributed by atoms with E-state index in [0.29, 0.717) is 18.9 Å². The summed E-state index contributed by atoms with van der Waals surface area (Å²) in [6.07, 6.45) is 4.21. The molecule has 5 heteroatoms. The largest absolute Gasteiger partial charge is 0.487 e. The Balaban J connectivity index is 1.92. The van der Waals surface area contributed by atoms with Crippen molar-refractivity contribution < 1.29 is 4.74 Å². The van der Waals surface area contributed by atoms with Crippen LogP contribution in [0.15, 0.2) is 23.1 Å². The van der Waals surface area contributed by atoms with Gasteiger partial charge in [-0.3, -0.25) is 9.69 Å². The zero-order valence-corrected chi connectivity index (χ0v) is 11.9. The van der Waals surface area contributed by atoms with E-state index in [0.717, 1.165) is 19.6 Å². The third-order valence-electron chi connectivity index (χ3n) is 3.54. The van der Waals surface area contributed by atoms with Gasteiger partial charge in [-0.2, -0.15) is 5.26 Å². The van der Waals surface area contributed by atoms with Crippen molar-refractivity contribution in [2.45, 2.75) is 26.3 Å². The van der Waals surface area contributed by atoms with Crippen LogP contribution in [-0.4, -0.2) is 35.7 Å². The zero-order valence-electron chi connectivity index (χ0n) is 11.9. The lowest BCUT2D eigenvalue weighted by atomic mass is 10.2. The Bertz CT molecular complexity index is 527. The SMILES string of the molecule is CC(C#N)Cn1cccc(OCCN2CCCC2)c1=O. The van der Waals surface area contributed by atoms with E-state index >= 15 is 0 Å². The maximum absolute atomic E-state index is 12.2.